The van der Waals surface area contributed by atoms with Gasteiger partial charge in [-0.3, -0.25) is 9.36 Å². The third kappa shape index (κ3) is 2.10. The van der Waals surface area contributed by atoms with Gasteiger partial charge in [0.2, 0.25) is 5.91 Å². The third-order valence-electron chi connectivity index (χ3n) is 2.79. The van der Waals surface area contributed by atoms with Crippen LogP contribution in [0.3, 0.4) is 0 Å². The van der Waals surface area contributed by atoms with Gasteiger partial charge in [0.15, 0.2) is 0 Å². The molecule has 0 aliphatic heterocycles. The zero-order valence-electron chi connectivity index (χ0n) is 9.75. The minimum atomic E-state index is -0.488. The number of rotatable bonds is 2. The van der Waals surface area contributed by atoms with Gasteiger partial charge in [-0.25, -0.2) is 9.97 Å². The zero-order chi connectivity index (χ0) is 13.4. The Labute approximate surface area is 117 Å². The fourth-order valence-corrected chi connectivity index (χ4v) is 2.19. The van der Waals surface area contributed by atoms with Crippen LogP contribution in [-0.4, -0.2) is 20.4 Å². The molecule has 6 heteroatoms. The minimum Gasteiger partial charge on any atom is -0.366 e. The van der Waals surface area contributed by atoms with E-state index in [-0.39, 0.29) is 0 Å². The smallest absolute Gasteiger partial charge is 0.250 e. The minimum absolute atomic E-state index is 0.385. The molecule has 19 heavy (non-hydrogen) atoms. The van der Waals surface area contributed by atoms with Gasteiger partial charge in [-0.2, -0.15) is 0 Å². The SMILES string of the molecule is NC(=O)c1ccc(-n2cnc3cc(Br)ccc32)nc1. The van der Waals surface area contributed by atoms with E-state index in [4.69, 9.17) is 5.73 Å². The van der Waals surface area contributed by atoms with Crippen LogP contribution >= 0.6 is 15.9 Å². The maximum absolute atomic E-state index is 11.0. The molecule has 0 saturated carbocycles. The van der Waals surface area contributed by atoms with Crippen LogP contribution < -0.4 is 5.73 Å². The Balaban J connectivity index is 2.11. The van der Waals surface area contributed by atoms with Gasteiger partial charge >= 0.3 is 0 Å². The van der Waals surface area contributed by atoms with Crippen molar-refractivity contribution >= 4 is 32.9 Å². The summed E-state index contributed by atoms with van der Waals surface area (Å²) < 4.78 is 2.83. The average molecular weight is 317 g/mol. The number of primary amides is 1. The Morgan fingerprint density at radius 2 is 2.05 bits per heavy atom. The molecule has 5 nitrogen and oxygen atoms in total. The molecule has 0 aliphatic carbocycles. The van der Waals surface area contributed by atoms with Crippen molar-refractivity contribution in [3.8, 4) is 5.82 Å². The lowest BCUT2D eigenvalue weighted by Gasteiger charge is -2.03. The topological polar surface area (TPSA) is 73.8 Å². The Hall–Kier alpha value is -2.21. The highest BCUT2D eigenvalue weighted by atomic mass is 79.9. The highest BCUT2D eigenvalue weighted by Gasteiger charge is 2.07. The van der Waals surface area contributed by atoms with Crippen LogP contribution in [0.2, 0.25) is 0 Å². The number of hydrogen-bond acceptors (Lipinski definition) is 3. The number of pyridine rings is 1. The van der Waals surface area contributed by atoms with E-state index in [1.807, 2.05) is 22.8 Å². The molecule has 94 valence electrons. The average Bonchev–Trinajstić information content (AvgIpc) is 2.81. The van der Waals surface area contributed by atoms with Gasteiger partial charge in [-0.05, 0) is 30.3 Å². The molecule has 3 aromatic rings. The summed E-state index contributed by atoms with van der Waals surface area (Å²) in [4.78, 5) is 19.5. The first-order valence-electron chi connectivity index (χ1n) is 5.54. The number of imidazole rings is 1. The van der Waals surface area contributed by atoms with Gasteiger partial charge in [0.25, 0.3) is 0 Å². The summed E-state index contributed by atoms with van der Waals surface area (Å²) in [6, 6.07) is 9.22. The van der Waals surface area contributed by atoms with Crippen LogP contribution in [0.5, 0.6) is 0 Å². The van der Waals surface area contributed by atoms with Crippen LogP contribution in [0.15, 0.2) is 47.3 Å². The maximum atomic E-state index is 11.0. The molecule has 2 aromatic heterocycles. The van der Waals surface area contributed by atoms with Crippen molar-refractivity contribution in [3.63, 3.8) is 0 Å². The Morgan fingerprint density at radius 1 is 1.21 bits per heavy atom. The number of nitrogens with zero attached hydrogens (tertiary/aromatic N) is 3. The van der Waals surface area contributed by atoms with Gasteiger partial charge in [-0.15, -0.1) is 0 Å². The lowest BCUT2D eigenvalue weighted by Crippen LogP contribution is -2.11. The first-order chi connectivity index (χ1) is 9.15. The fraction of sp³-hybridized carbons (Fsp3) is 0. The standard InChI is InChI=1S/C13H9BrN4O/c14-9-2-3-11-10(5-9)17-7-18(11)12-4-1-8(6-16-12)13(15)19/h1-7H,(H2,15,19). The maximum Gasteiger partial charge on any atom is 0.250 e. The molecule has 2 heterocycles. The van der Waals surface area contributed by atoms with Gasteiger partial charge in [0.05, 0.1) is 16.6 Å². The molecule has 0 spiro atoms. The summed E-state index contributed by atoms with van der Waals surface area (Å²) in [5.41, 5.74) is 7.39. The number of benzene rings is 1. The third-order valence-corrected chi connectivity index (χ3v) is 3.28. The second kappa shape index (κ2) is 4.47. The number of carbonyl (C=O) groups is 1. The van der Waals surface area contributed by atoms with E-state index in [1.165, 1.54) is 6.20 Å². The summed E-state index contributed by atoms with van der Waals surface area (Å²) in [7, 11) is 0. The molecule has 0 fully saturated rings. The molecule has 3 rings (SSSR count). The second-order valence-corrected chi connectivity index (χ2v) is 4.93. The Bertz CT molecular complexity index is 764. The van der Waals surface area contributed by atoms with Crippen molar-refractivity contribution in [2.24, 2.45) is 5.73 Å². The van der Waals surface area contributed by atoms with Gasteiger partial charge in [0.1, 0.15) is 12.1 Å². The van der Waals surface area contributed by atoms with E-state index in [9.17, 15) is 4.79 Å². The Morgan fingerprint density at radius 3 is 2.74 bits per heavy atom. The van der Waals surface area contributed by atoms with E-state index in [2.05, 4.69) is 25.9 Å². The molecular weight excluding hydrogens is 308 g/mol. The predicted octanol–water partition coefficient (Wildman–Crippen LogP) is 2.28. The number of halogens is 1. The predicted molar refractivity (Wildman–Crippen MR) is 75.1 cm³/mol. The van der Waals surface area contributed by atoms with Gasteiger partial charge in [-0.1, -0.05) is 15.9 Å². The van der Waals surface area contributed by atoms with Crippen molar-refractivity contribution in [3.05, 3.63) is 52.9 Å². The Kier molecular flexibility index (Phi) is 2.79. The normalized spacial score (nSPS) is 10.8. The van der Waals surface area contributed by atoms with Crippen LogP contribution in [0.1, 0.15) is 10.4 Å². The lowest BCUT2D eigenvalue weighted by atomic mass is 10.2. The van der Waals surface area contributed by atoms with E-state index in [0.29, 0.717) is 11.4 Å². The number of hydrogen-bond donors (Lipinski definition) is 1. The van der Waals surface area contributed by atoms with Crippen molar-refractivity contribution in [1.82, 2.24) is 14.5 Å². The summed E-state index contributed by atoms with van der Waals surface area (Å²) in [5.74, 6) is 0.202. The fourth-order valence-electron chi connectivity index (χ4n) is 1.84. The molecule has 1 aromatic carbocycles. The summed E-state index contributed by atoms with van der Waals surface area (Å²) >= 11 is 3.41. The highest BCUT2D eigenvalue weighted by molar-refractivity contribution is 9.10. The van der Waals surface area contributed by atoms with Crippen LogP contribution in [0.25, 0.3) is 16.9 Å². The van der Waals surface area contributed by atoms with E-state index in [1.54, 1.807) is 18.5 Å². The largest absolute Gasteiger partial charge is 0.366 e. The van der Waals surface area contributed by atoms with Crippen LogP contribution in [0.4, 0.5) is 0 Å². The van der Waals surface area contributed by atoms with Crippen molar-refractivity contribution in [2.75, 3.05) is 0 Å². The quantitative estimate of drug-likeness (QED) is 0.788. The van der Waals surface area contributed by atoms with E-state index >= 15 is 0 Å². The summed E-state index contributed by atoms with van der Waals surface area (Å²) in [5, 5.41) is 0. The summed E-state index contributed by atoms with van der Waals surface area (Å²) in [6.45, 7) is 0. The molecule has 2 N–H and O–H groups in total. The van der Waals surface area contributed by atoms with E-state index < -0.39 is 5.91 Å². The van der Waals surface area contributed by atoms with Gasteiger partial charge in [0, 0.05) is 10.7 Å². The van der Waals surface area contributed by atoms with Crippen LogP contribution in [-0.2, 0) is 0 Å². The molecule has 1 amide bonds. The molecule has 0 atom stereocenters. The first kappa shape index (κ1) is 11.9. The number of nitrogens with two attached hydrogens (primary N) is 1. The van der Waals surface area contributed by atoms with Gasteiger partial charge < -0.3 is 5.73 Å². The van der Waals surface area contributed by atoms with E-state index in [0.717, 1.165) is 15.5 Å². The number of carbonyl (C=O) groups excluding carboxylic acids is 1. The molecule has 0 aliphatic rings. The first-order valence-corrected chi connectivity index (χ1v) is 6.33. The van der Waals surface area contributed by atoms with Crippen LogP contribution in [0, 0.1) is 0 Å². The van der Waals surface area contributed by atoms with Crippen molar-refractivity contribution < 1.29 is 4.79 Å². The monoisotopic (exact) mass is 316 g/mol. The number of aromatic nitrogens is 3. The molecule has 0 saturated heterocycles. The highest BCUT2D eigenvalue weighted by Crippen LogP contribution is 2.20. The van der Waals surface area contributed by atoms with Crippen molar-refractivity contribution in [2.45, 2.75) is 0 Å². The molecule has 0 bridgehead atoms. The molecule has 0 radical (unpaired) electrons. The molecule has 0 unspecified atom stereocenters. The molecular formula is C13H9BrN4O. The lowest BCUT2D eigenvalue weighted by molar-refractivity contribution is 0.1000. The second-order valence-electron chi connectivity index (χ2n) is 4.02. The number of fused-ring (bicyclic) bond motifs is 1. The zero-order valence-corrected chi connectivity index (χ0v) is 11.3. The number of amides is 1. The summed E-state index contributed by atoms with van der Waals surface area (Å²) in [6.07, 6.45) is 3.16. The van der Waals surface area contributed by atoms with Crippen molar-refractivity contribution in [1.29, 1.82) is 0 Å².